The Kier molecular flexibility index (Phi) is 3.55. The van der Waals surface area contributed by atoms with Crippen LogP contribution in [0, 0.1) is 5.92 Å². The maximum absolute atomic E-state index is 13.5. The highest BCUT2D eigenvalue weighted by Crippen LogP contribution is 2.63. The van der Waals surface area contributed by atoms with Crippen LogP contribution >= 0.6 is 0 Å². The minimum atomic E-state index is -3.54. The molecule has 4 atom stereocenters. The number of hydrogen-bond donors (Lipinski definition) is 0. The van der Waals surface area contributed by atoms with Gasteiger partial charge >= 0.3 is 0 Å². The predicted molar refractivity (Wildman–Crippen MR) is 109 cm³/mol. The van der Waals surface area contributed by atoms with Gasteiger partial charge in [-0.25, -0.2) is 8.42 Å². The van der Waals surface area contributed by atoms with Crippen molar-refractivity contribution in [2.75, 3.05) is 13.7 Å². The van der Waals surface area contributed by atoms with Crippen LogP contribution in [0.1, 0.15) is 24.0 Å². The Labute approximate surface area is 171 Å². The Hall–Kier alpha value is -2.31. The number of allylic oxidation sites excluding steroid dienone is 1. The zero-order valence-corrected chi connectivity index (χ0v) is 17.1. The van der Waals surface area contributed by atoms with Crippen molar-refractivity contribution < 1.29 is 17.9 Å². The van der Waals surface area contributed by atoms with Gasteiger partial charge in [0.25, 0.3) is 0 Å². The Bertz CT molecular complexity index is 1130. The Morgan fingerprint density at radius 3 is 2.79 bits per heavy atom. The molecule has 1 saturated heterocycles. The summed E-state index contributed by atoms with van der Waals surface area (Å²) in [6.45, 7) is 0.516. The zero-order chi connectivity index (χ0) is 19.8. The number of hydrogen-bond acceptors (Lipinski definition) is 4. The molecule has 150 valence electrons. The third-order valence-corrected chi connectivity index (χ3v) is 9.31. The molecule has 2 aromatic carbocycles. The minimum Gasteiger partial charge on any atom is -0.493 e. The first-order valence-corrected chi connectivity index (χ1v) is 11.6. The number of ether oxygens (including phenoxy) is 2. The molecular formula is C23H23NO4S. The van der Waals surface area contributed by atoms with Crippen LogP contribution in [-0.2, 0) is 21.9 Å². The third-order valence-electron chi connectivity index (χ3n) is 7.37. The van der Waals surface area contributed by atoms with Gasteiger partial charge in [-0.2, -0.15) is 4.31 Å². The van der Waals surface area contributed by atoms with Crippen LogP contribution in [0.3, 0.4) is 0 Å². The molecule has 2 aliphatic heterocycles. The zero-order valence-electron chi connectivity index (χ0n) is 16.2. The molecule has 3 unspecified atom stereocenters. The van der Waals surface area contributed by atoms with Crippen LogP contribution in [-0.4, -0.2) is 38.5 Å². The van der Waals surface area contributed by atoms with E-state index in [1.54, 1.807) is 35.7 Å². The summed E-state index contributed by atoms with van der Waals surface area (Å²) in [4.78, 5) is 0.378. The summed E-state index contributed by atoms with van der Waals surface area (Å²) in [5.41, 5.74) is 2.32. The smallest absolute Gasteiger partial charge is 0.243 e. The Morgan fingerprint density at radius 2 is 2.00 bits per heavy atom. The van der Waals surface area contributed by atoms with Crippen molar-refractivity contribution in [1.29, 1.82) is 0 Å². The van der Waals surface area contributed by atoms with Crippen LogP contribution < -0.4 is 9.47 Å². The van der Waals surface area contributed by atoms with Gasteiger partial charge in [0, 0.05) is 23.6 Å². The molecule has 0 radical (unpaired) electrons. The maximum atomic E-state index is 13.5. The largest absolute Gasteiger partial charge is 0.493 e. The Morgan fingerprint density at radius 1 is 1.17 bits per heavy atom. The number of methoxy groups -OCH3 is 1. The molecule has 2 heterocycles. The van der Waals surface area contributed by atoms with E-state index in [1.807, 2.05) is 12.1 Å². The normalized spacial score (nSPS) is 31.8. The quantitative estimate of drug-likeness (QED) is 0.730. The second-order valence-corrected chi connectivity index (χ2v) is 10.3. The van der Waals surface area contributed by atoms with E-state index in [4.69, 9.17) is 9.47 Å². The number of nitrogens with zero attached hydrogens (tertiary/aromatic N) is 1. The standard InChI is InChI=1S/C23H23NO4S/c1-27-19-11-10-15-14-18-17-8-5-9-20-23(17,21(15)22(19)28-20)12-13-24(18)29(25,26)16-6-3-2-4-7-16/h2-7,9-11,17-18,20H,8,12-14H2,1H3/t17?,18?,20?,23-/m1/s1. The molecule has 1 fully saturated rings. The van der Waals surface area contributed by atoms with E-state index in [1.165, 1.54) is 11.1 Å². The monoisotopic (exact) mass is 409 g/mol. The molecule has 5 nitrogen and oxygen atoms in total. The fourth-order valence-electron chi connectivity index (χ4n) is 6.21. The number of rotatable bonds is 3. The molecular weight excluding hydrogens is 386 g/mol. The first kappa shape index (κ1) is 17.5. The minimum absolute atomic E-state index is 0.0457. The Balaban J connectivity index is 1.52. The van der Waals surface area contributed by atoms with Crippen molar-refractivity contribution in [1.82, 2.24) is 4.31 Å². The summed E-state index contributed by atoms with van der Waals surface area (Å²) >= 11 is 0. The molecule has 0 N–H and O–H groups in total. The van der Waals surface area contributed by atoms with Crippen molar-refractivity contribution in [3.63, 3.8) is 0 Å². The van der Waals surface area contributed by atoms with Gasteiger partial charge in [-0.1, -0.05) is 30.3 Å². The van der Waals surface area contributed by atoms with Crippen molar-refractivity contribution in [3.05, 3.63) is 65.7 Å². The molecule has 2 aromatic rings. The summed E-state index contributed by atoms with van der Waals surface area (Å²) in [7, 11) is -1.86. The van der Waals surface area contributed by atoms with Crippen LogP contribution in [0.25, 0.3) is 0 Å². The van der Waals surface area contributed by atoms with Crippen molar-refractivity contribution >= 4 is 10.0 Å². The van der Waals surface area contributed by atoms with Gasteiger partial charge in [-0.3, -0.25) is 0 Å². The van der Waals surface area contributed by atoms with E-state index < -0.39 is 10.0 Å². The lowest BCUT2D eigenvalue weighted by atomic mass is 9.54. The third kappa shape index (κ3) is 2.11. The average molecular weight is 410 g/mol. The van der Waals surface area contributed by atoms with Gasteiger partial charge in [0.15, 0.2) is 11.5 Å². The molecule has 0 amide bonds. The van der Waals surface area contributed by atoms with E-state index >= 15 is 0 Å². The molecule has 2 aliphatic carbocycles. The van der Waals surface area contributed by atoms with E-state index in [-0.39, 0.29) is 23.5 Å². The molecule has 0 aromatic heterocycles. The van der Waals surface area contributed by atoms with Crippen molar-refractivity contribution in [3.8, 4) is 11.5 Å². The van der Waals surface area contributed by atoms with Gasteiger partial charge < -0.3 is 9.47 Å². The van der Waals surface area contributed by atoms with Crippen LogP contribution in [0.4, 0.5) is 0 Å². The van der Waals surface area contributed by atoms with Gasteiger partial charge in [0.2, 0.25) is 10.0 Å². The van der Waals surface area contributed by atoms with E-state index in [0.29, 0.717) is 17.9 Å². The van der Waals surface area contributed by atoms with E-state index in [2.05, 4.69) is 18.2 Å². The lowest BCUT2D eigenvalue weighted by molar-refractivity contribution is 0.0206. The summed E-state index contributed by atoms with van der Waals surface area (Å²) in [6.07, 6.45) is 6.65. The second-order valence-electron chi connectivity index (χ2n) is 8.43. The summed E-state index contributed by atoms with van der Waals surface area (Å²) < 4.78 is 40.8. The molecule has 2 bridgehead atoms. The topological polar surface area (TPSA) is 55.8 Å². The first-order chi connectivity index (χ1) is 14.1. The lowest BCUT2D eigenvalue weighted by Crippen LogP contribution is -2.64. The van der Waals surface area contributed by atoms with Gasteiger partial charge in [-0.15, -0.1) is 0 Å². The van der Waals surface area contributed by atoms with Crippen LogP contribution in [0.15, 0.2) is 59.5 Å². The van der Waals surface area contributed by atoms with Gasteiger partial charge in [0.05, 0.1) is 12.0 Å². The highest BCUT2D eigenvalue weighted by Gasteiger charge is 2.63. The molecule has 0 saturated carbocycles. The second kappa shape index (κ2) is 5.86. The summed E-state index contributed by atoms with van der Waals surface area (Å²) in [5.74, 6) is 1.85. The average Bonchev–Trinajstić information content (AvgIpc) is 3.08. The molecule has 1 spiro atoms. The number of sulfonamides is 1. The van der Waals surface area contributed by atoms with Crippen LogP contribution in [0.2, 0.25) is 0 Å². The van der Waals surface area contributed by atoms with Gasteiger partial charge in [0.1, 0.15) is 6.10 Å². The van der Waals surface area contributed by atoms with E-state index in [0.717, 1.165) is 24.3 Å². The summed E-state index contributed by atoms with van der Waals surface area (Å²) in [5, 5.41) is 0. The number of piperidine rings is 1. The molecule has 29 heavy (non-hydrogen) atoms. The fraction of sp³-hybridized carbons (Fsp3) is 0.391. The number of benzene rings is 2. The predicted octanol–water partition coefficient (Wildman–Crippen LogP) is 3.29. The fourth-order valence-corrected chi connectivity index (χ4v) is 7.90. The molecule has 6 rings (SSSR count). The molecule has 4 aliphatic rings. The lowest BCUT2D eigenvalue weighted by Gasteiger charge is -2.56. The van der Waals surface area contributed by atoms with Crippen LogP contribution in [0.5, 0.6) is 11.5 Å². The first-order valence-electron chi connectivity index (χ1n) is 10.2. The van der Waals surface area contributed by atoms with E-state index in [9.17, 15) is 8.42 Å². The van der Waals surface area contributed by atoms with Crippen molar-refractivity contribution in [2.24, 2.45) is 5.92 Å². The molecule has 6 heteroatoms. The highest BCUT2D eigenvalue weighted by molar-refractivity contribution is 7.89. The summed E-state index contributed by atoms with van der Waals surface area (Å²) in [6, 6.07) is 12.8. The maximum Gasteiger partial charge on any atom is 0.243 e. The van der Waals surface area contributed by atoms with Gasteiger partial charge in [-0.05, 0) is 55.0 Å². The highest BCUT2D eigenvalue weighted by atomic mass is 32.2. The van der Waals surface area contributed by atoms with Crippen molar-refractivity contribution in [2.45, 2.75) is 41.7 Å². The SMILES string of the molecule is COc1ccc2c3c1OC1C=CCC4C(C2)N(S(=O)(=O)c2ccccc2)CC[C@]314.